The van der Waals surface area contributed by atoms with E-state index in [0.29, 0.717) is 5.56 Å². The SMILES string of the molecule is CN1CCN(c2nc3ccc(NC(=O)c4ccc(N(C)C)cc4)cc3s2)CC1. The number of thiazole rings is 1. The van der Waals surface area contributed by atoms with Crippen molar-refractivity contribution in [2.24, 2.45) is 0 Å². The first-order chi connectivity index (χ1) is 13.5. The number of likely N-dealkylation sites (N-methyl/N-ethyl adjacent to an activating group) is 1. The van der Waals surface area contributed by atoms with Crippen molar-refractivity contribution < 1.29 is 4.79 Å². The number of aromatic nitrogens is 1. The van der Waals surface area contributed by atoms with Crippen LogP contribution < -0.4 is 15.1 Å². The Morgan fingerprint density at radius 3 is 2.46 bits per heavy atom. The lowest BCUT2D eigenvalue weighted by molar-refractivity contribution is 0.102. The largest absolute Gasteiger partial charge is 0.378 e. The molecule has 146 valence electrons. The summed E-state index contributed by atoms with van der Waals surface area (Å²) in [5.41, 5.74) is 3.49. The third-order valence-corrected chi connectivity index (χ3v) is 6.13. The maximum atomic E-state index is 12.6. The van der Waals surface area contributed by atoms with Gasteiger partial charge in [0.25, 0.3) is 5.91 Å². The number of fused-ring (bicyclic) bond motifs is 1. The van der Waals surface area contributed by atoms with Crippen LogP contribution in [-0.2, 0) is 0 Å². The first-order valence-electron chi connectivity index (χ1n) is 9.42. The zero-order valence-electron chi connectivity index (χ0n) is 16.5. The lowest BCUT2D eigenvalue weighted by Gasteiger charge is -2.31. The molecular weight excluding hydrogens is 370 g/mol. The average Bonchev–Trinajstić information content (AvgIpc) is 3.12. The summed E-state index contributed by atoms with van der Waals surface area (Å²) in [6.07, 6.45) is 0. The average molecular weight is 396 g/mol. The van der Waals surface area contributed by atoms with Crippen LogP contribution in [0.1, 0.15) is 10.4 Å². The number of amides is 1. The fraction of sp³-hybridized carbons (Fsp3) is 0.333. The molecule has 3 aromatic rings. The molecule has 4 rings (SSSR count). The van der Waals surface area contributed by atoms with Crippen LogP contribution in [0, 0.1) is 0 Å². The molecule has 1 aliphatic heterocycles. The van der Waals surface area contributed by atoms with Gasteiger partial charge in [-0.05, 0) is 49.5 Å². The molecule has 6 nitrogen and oxygen atoms in total. The molecule has 1 amide bonds. The predicted molar refractivity (Wildman–Crippen MR) is 118 cm³/mol. The van der Waals surface area contributed by atoms with Crippen LogP contribution in [0.4, 0.5) is 16.5 Å². The third kappa shape index (κ3) is 3.95. The quantitative estimate of drug-likeness (QED) is 0.734. The summed E-state index contributed by atoms with van der Waals surface area (Å²) < 4.78 is 1.09. The summed E-state index contributed by atoms with van der Waals surface area (Å²) in [6.45, 7) is 4.12. The molecule has 0 bridgehead atoms. The molecule has 28 heavy (non-hydrogen) atoms. The maximum absolute atomic E-state index is 12.6. The van der Waals surface area contributed by atoms with Gasteiger partial charge in [-0.25, -0.2) is 4.98 Å². The fourth-order valence-corrected chi connectivity index (χ4v) is 4.29. The zero-order chi connectivity index (χ0) is 19.7. The van der Waals surface area contributed by atoms with Crippen LogP contribution in [0.3, 0.4) is 0 Å². The van der Waals surface area contributed by atoms with Crippen molar-refractivity contribution in [3.63, 3.8) is 0 Å². The van der Waals surface area contributed by atoms with Gasteiger partial charge in [0.15, 0.2) is 5.13 Å². The van der Waals surface area contributed by atoms with Gasteiger partial charge < -0.3 is 20.0 Å². The monoisotopic (exact) mass is 395 g/mol. The number of nitrogens with one attached hydrogen (secondary N) is 1. The summed E-state index contributed by atoms with van der Waals surface area (Å²) in [5.74, 6) is -0.103. The van der Waals surface area contributed by atoms with E-state index >= 15 is 0 Å². The summed E-state index contributed by atoms with van der Waals surface area (Å²) in [6, 6.07) is 13.5. The van der Waals surface area contributed by atoms with Gasteiger partial charge in [0, 0.05) is 57.2 Å². The lowest BCUT2D eigenvalue weighted by atomic mass is 10.2. The van der Waals surface area contributed by atoms with E-state index in [4.69, 9.17) is 4.98 Å². The number of carbonyl (C=O) groups excluding carboxylic acids is 1. The van der Waals surface area contributed by atoms with Gasteiger partial charge >= 0.3 is 0 Å². The Bertz CT molecular complexity index is 974. The molecule has 7 heteroatoms. The first-order valence-corrected chi connectivity index (χ1v) is 10.2. The highest BCUT2D eigenvalue weighted by Gasteiger charge is 2.18. The van der Waals surface area contributed by atoms with Crippen molar-refractivity contribution in [1.82, 2.24) is 9.88 Å². The molecule has 1 aromatic heterocycles. The van der Waals surface area contributed by atoms with Crippen LogP contribution in [0.5, 0.6) is 0 Å². The Morgan fingerprint density at radius 2 is 1.79 bits per heavy atom. The molecule has 2 aromatic carbocycles. The molecule has 2 heterocycles. The Morgan fingerprint density at radius 1 is 1.07 bits per heavy atom. The van der Waals surface area contributed by atoms with Crippen LogP contribution >= 0.6 is 11.3 Å². The van der Waals surface area contributed by atoms with Crippen molar-refractivity contribution in [2.75, 3.05) is 62.4 Å². The zero-order valence-corrected chi connectivity index (χ0v) is 17.3. The van der Waals surface area contributed by atoms with Crippen LogP contribution in [-0.4, -0.2) is 63.1 Å². The number of anilines is 3. The molecule has 1 N–H and O–H groups in total. The number of benzene rings is 2. The Balaban J connectivity index is 1.49. The molecular formula is C21H25N5OS. The number of hydrogen-bond acceptors (Lipinski definition) is 6. The Hall–Kier alpha value is -2.64. The van der Waals surface area contributed by atoms with Gasteiger partial charge in [0.2, 0.25) is 0 Å². The normalized spacial score (nSPS) is 15.0. The van der Waals surface area contributed by atoms with E-state index in [1.54, 1.807) is 11.3 Å². The van der Waals surface area contributed by atoms with Gasteiger partial charge in [-0.3, -0.25) is 4.79 Å². The highest BCUT2D eigenvalue weighted by Crippen LogP contribution is 2.31. The second-order valence-corrected chi connectivity index (χ2v) is 8.37. The summed E-state index contributed by atoms with van der Waals surface area (Å²) in [5, 5.41) is 4.06. The number of rotatable bonds is 4. The van der Waals surface area contributed by atoms with Gasteiger partial charge in [-0.15, -0.1) is 0 Å². The maximum Gasteiger partial charge on any atom is 0.255 e. The molecule has 0 saturated carbocycles. The van der Waals surface area contributed by atoms with E-state index in [0.717, 1.165) is 52.9 Å². The summed E-state index contributed by atoms with van der Waals surface area (Å²) in [4.78, 5) is 24.0. The third-order valence-electron chi connectivity index (χ3n) is 5.05. The van der Waals surface area contributed by atoms with Crippen molar-refractivity contribution in [3.05, 3.63) is 48.0 Å². The molecule has 0 atom stereocenters. The molecule has 0 aliphatic carbocycles. The molecule has 1 fully saturated rings. The molecule has 0 spiro atoms. The van der Waals surface area contributed by atoms with Crippen LogP contribution in [0.15, 0.2) is 42.5 Å². The summed E-state index contributed by atoms with van der Waals surface area (Å²) >= 11 is 1.69. The Kier molecular flexibility index (Phi) is 5.19. The van der Waals surface area contributed by atoms with E-state index < -0.39 is 0 Å². The van der Waals surface area contributed by atoms with Crippen LogP contribution in [0.25, 0.3) is 10.2 Å². The number of carbonyl (C=O) groups is 1. The highest BCUT2D eigenvalue weighted by molar-refractivity contribution is 7.22. The van der Waals surface area contributed by atoms with Gasteiger partial charge in [-0.1, -0.05) is 11.3 Å². The molecule has 1 saturated heterocycles. The van der Waals surface area contributed by atoms with Crippen molar-refractivity contribution in [3.8, 4) is 0 Å². The van der Waals surface area contributed by atoms with Crippen molar-refractivity contribution in [2.45, 2.75) is 0 Å². The number of hydrogen-bond donors (Lipinski definition) is 1. The van der Waals surface area contributed by atoms with Crippen molar-refractivity contribution in [1.29, 1.82) is 0 Å². The number of nitrogens with zero attached hydrogens (tertiary/aromatic N) is 4. The second-order valence-electron chi connectivity index (χ2n) is 7.36. The topological polar surface area (TPSA) is 51.7 Å². The Labute approximate surface area is 169 Å². The van der Waals surface area contributed by atoms with E-state index in [1.807, 2.05) is 61.5 Å². The molecule has 1 aliphatic rings. The minimum atomic E-state index is -0.103. The van der Waals surface area contributed by atoms with E-state index in [2.05, 4.69) is 22.2 Å². The minimum Gasteiger partial charge on any atom is -0.378 e. The van der Waals surface area contributed by atoms with E-state index in [-0.39, 0.29) is 5.91 Å². The van der Waals surface area contributed by atoms with Crippen LogP contribution in [0.2, 0.25) is 0 Å². The second kappa shape index (κ2) is 7.77. The number of piperazine rings is 1. The van der Waals surface area contributed by atoms with Crippen molar-refractivity contribution >= 4 is 44.0 Å². The fourth-order valence-electron chi connectivity index (χ4n) is 3.24. The summed E-state index contributed by atoms with van der Waals surface area (Å²) in [7, 11) is 6.12. The predicted octanol–water partition coefficient (Wildman–Crippen LogP) is 3.37. The van der Waals surface area contributed by atoms with Gasteiger partial charge in [0.1, 0.15) is 0 Å². The molecule has 0 unspecified atom stereocenters. The smallest absolute Gasteiger partial charge is 0.255 e. The van der Waals surface area contributed by atoms with E-state index in [1.165, 1.54) is 0 Å². The standard InChI is InChI=1S/C21H25N5OS/c1-24(2)17-7-4-15(5-8-17)20(27)22-16-6-9-18-19(14-16)28-21(23-18)26-12-10-25(3)11-13-26/h4-9,14H,10-13H2,1-3H3,(H,22,27). The lowest BCUT2D eigenvalue weighted by Crippen LogP contribution is -2.44. The molecule has 0 radical (unpaired) electrons. The van der Waals surface area contributed by atoms with E-state index in [9.17, 15) is 4.79 Å². The highest BCUT2D eigenvalue weighted by atomic mass is 32.1. The van der Waals surface area contributed by atoms with Gasteiger partial charge in [-0.2, -0.15) is 0 Å². The minimum absolute atomic E-state index is 0.103. The van der Waals surface area contributed by atoms with Gasteiger partial charge in [0.05, 0.1) is 10.2 Å². The first kappa shape index (κ1) is 18.7.